The Hall–Kier alpha value is -0.0800. The minimum Gasteiger partial charge on any atom is -0.325 e. The molecule has 86 valence electrons. The average Bonchev–Trinajstić information content (AvgIpc) is 1.79. The zero-order valence-electron chi connectivity index (χ0n) is 11.0. The van der Waals surface area contributed by atoms with E-state index in [2.05, 4.69) is 53.5 Å². The summed E-state index contributed by atoms with van der Waals surface area (Å²) < 4.78 is 0. The number of hydrogen-bond donors (Lipinski definition) is 1. The van der Waals surface area contributed by atoms with Gasteiger partial charge in [0, 0.05) is 18.6 Å². The Balaban J connectivity index is 4.22. The van der Waals surface area contributed by atoms with Gasteiger partial charge in [0.05, 0.1) is 0 Å². The second-order valence-corrected chi connectivity index (χ2v) is 6.20. The summed E-state index contributed by atoms with van der Waals surface area (Å²) in [5, 5.41) is 0. The molecule has 0 unspecified atom stereocenters. The van der Waals surface area contributed by atoms with Gasteiger partial charge in [-0.1, -0.05) is 27.7 Å². The van der Waals surface area contributed by atoms with Crippen LogP contribution in [-0.2, 0) is 0 Å². The molecule has 0 fully saturated rings. The molecule has 0 rings (SSSR count). The van der Waals surface area contributed by atoms with Gasteiger partial charge >= 0.3 is 0 Å². The molecule has 2 heteroatoms. The van der Waals surface area contributed by atoms with E-state index in [0.717, 1.165) is 19.0 Å². The molecule has 0 aliphatic heterocycles. The van der Waals surface area contributed by atoms with Crippen molar-refractivity contribution in [2.24, 2.45) is 17.1 Å². The molecule has 0 amide bonds. The van der Waals surface area contributed by atoms with Crippen LogP contribution in [0, 0.1) is 11.3 Å². The van der Waals surface area contributed by atoms with Crippen molar-refractivity contribution in [1.29, 1.82) is 0 Å². The van der Waals surface area contributed by atoms with E-state index in [1.54, 1.807) is 0 Å². The molecule has 0 bridgehead atoms. The Morgan fingerprint density at radius 3 is 1.86 bits per heavy atom. The minimum atomic E-state index is -0.127. The van der Waals surface area contributed by atoms with Crippen LogP contribution in [-0.4, -0.2) is 30.6 Å². The Bertz CT molecular complexity index is 166. The highest BCUT2D eigenvalue weighted by molar-refractivity contribution is 4.91. The van der Waals surface area contributed by atoms with Gasteiger partial charge in [-0.25, -0.2) is 0 Å². The first kappa shape index (κ1) is 13.9. The largest absolute Gasteiger partial charge is 0.325 e. The first-order valence-corrected chi connectivity index (χ1v) is 5.53. The quantitative estimate of drug-likeness (QED) is 0.738. The van der Waals surface area contributed by atoms with Gasteiger partial charge in [-0.2, -0.15) is 0 Å². The molecule has 0 aliphatic rings. The highest BCUT2D eigenvalue weighted by Gasteiger charge is 2.34. The van der Waals surface area contributed by atoms with Crippen molar-refractivity contribution in [2.75, 3.05) is 20.1 Å². The summed E-state index contributed by atoms with van der Waals surface area (Å²) in [6, 6.07) is 0. The minimum absolute atomic E-state index is 0.127. The van der Waals surface area contributed by atoms with Crippen LogP contribution in [0.5, 0.6) is 0 Å². The zero-order valence-corrected chi connectivity index (χ0v) is 11.0. The molecule has 0 heterocycles. The average molecular weight is 200 g/mol. The third kappa shape index (κ3) is 4.43. The first-order chi connectivity index (χ1) is 6.06. The predicted octanol–water partition coefficient (Wildman–Crippen LogP) is 2.34. The molecular weight excluding hydrogens is 172 g/mol. The van der Waals surface area contributed by atoms with Gasteiger partial charge in [0.1, 0.15) is 0 Å². The SMILES string of the molecule is CC(C)CN(C)CC(C)(C)C(C)(C)N. The predicted molar refractivity (Wildman–Crippen MR) is 64.4 cm³/mol. The summed E-state index contributed by atoms with van der Waals surface area (Å²) in [7, 11) is 2.17. The molecule has 0 saturated carbocycles. The lowest BCUT2D eigenvalue weighted by atomic mass is 9.75. The van der Waals surface area contributed by atoms with Gasteiger partial charge in [0.2, 0.25) is 0 Å². The summed E-state index contributed by atoms with van der Waals surface area (Å²) in [5.41, 5.74) is 6.19. The van der Waals surface area contributed by atoms with E-state index in [9.17, 15) is 0 Å². The van der Waals surface area contributed by atoms with Crippen molar-refractivity contribution in [1.82, 2.24) is 4.90 Å². The molecule has 2 N–H and O–H groups in total. The van der Waals surface area contributed by atoms with Gasteiger partial charge in [-0.05, 0) is 32.2 Å². The Morgan fingerprint density at radius 2 is 1.57 bits per heavy atom. The number of nitrogens with two attached hydrogens (primary N) is 1. The summed E-state index contributed by atoms with van der Waals surface area (Å²) in [6.45, 7) is 15.4. The van der Waals surface area contributed by atoms with Crippen LogP contribution < -0.4 is 5.73 Å². The highest BCUT2D eigenvalue weighted by Crippen LogP contribution is 2.28. The van der Waals surface area contributed by atoms with E-state index in [-0.39, 0.29) is 11.0 Å². The molecule has 0 radical (unpaired) electrons. The van der Waals surface area contributed by atoms with Crippen molar-refractivity contribution in [3.05, 3.63) is 0 Å². The zero-order chi connectivity index (χ0) is 11.6. The number of rotatable bonds is 5. The fourth-order valence-corrected chi connectivity index (χ4v) is 1.57. The van der Waals surface area contributed by atoms with Gasteiger partial charge in [0.15, 0.2) is 0 Å². The normalized spacial score (nSPS) is 14.1. The smallest absolute Gasteiger partial charge is 0.0161 e. The fraction of sp³-hybridized carbons (Fsp3) is 1.00. The second kappa shape index (κ2) is 4.63. The van der Waals surface area contributed by atoms with E-state index in [1.165, 1.54) is 0 Å². The maximum absolute atomic E-state index is 6.17. The lowest BCUT2D eigenvalue weighted by molar-refractivity contribution is 0.123. The van der Waals surface area contributed by atoms with E-state index < -0.39 is 0 Å². The van der Waals surface area contributed by atoms with Gasteiger partial charge in [-0.3, -0.25) is 0 Å². The van der Waals surface area contributed by atoms with E-state index in [1.807, 2.05) is 0 Å². The lowest BCUT2D eigenvalue weighted by Crippen LogP contribution is -2.52. The van der Waals surface area contributed by atoms with E-state index >= 15 is 0 Å². The molecule has 0 spiro atoms. The van der Waals surface area contributed by atoms with Crippen molar-refractivity contribution < 1.29 is 0 Å². The lowest BCUT2D eigenvalue weighted by Gasteiger charge is -2.41. The topological polar surface area (TPSA) is 29.3 Å². The molecule has 0 saturated heterocycles. The van der Waals surface area contributed by atoms with Crippen LogP contribution in [0.3, 0.4) is 0 Å². The summed E-state index contributed by atoms with van der Waals surface area (Å²) in [4.78, 5) is 2.37. The molecule has 2 nitrogen and oxygen atoms in total. The maximum Gasteiger partial charge on any atom is 0.0161 e. The van der Waals surface area contributed by atoms with Crippen LogP contribution in [0.25, 0.3) is 0 Å². The van der Waals surface area contributed by atoms with E-state index in [0.29, 0.717) is 0 Å². The van der Waals surface area contributed by atoms with Crippen LogP contribution in [0.1, 0.15) is 41.5 Å². The van der Waals surface area contributed by atoms with Gasteiger partial charge < -0.3 is 10.6 Å². The van der Waals surface area contributed by atoms with Gasteiger partial charge in [-0.15, -0.1) is 0 Å². The van der Waals surface area contributed by atoms with Crippen molar-refractivity contribution in [3.8, 4) is 0 Å². The molecule has 0 aromatic carbocycles. The molecule has 14 heavy (non-hydrogen) atoms. The van der Waals surface area contributed by atoms with Gasteiger partial charge in [0.25, 0.3) is 0 Å². The van der Waals surface area contributed by atoms with Crippen LogP contribution in [0.2, 0.25) is 0 Å². The van der Waals surface area contributed by atoms with Crippen LogP contribution in [0.4, 0.5) is 0 Å². The molecule has 0 aliphatic carbocycles. The standard InChI is InChI=1S/C12H28N2/c1-10(2)8-14(7)9-11(3,4)12(5,6)13/h10H,8-9,13H2,1-7H3. The Labute approximate surface area is 89.9 Å². The van der Waals surface area contributed by atoms with Crippen molar-refractivity contribution >= 4 is 0 Å². The molecule has 0 atom stereocenters. The van der Waals surface area contributed by atoms with E-state index in [4.69, 9.17) is 5.73 Å². The summed E-state index contributed by atoms with van der Waals surface area (Å²) in [5.74, 6) is 0.719. The number of nitrogens with zero attached hydrogens (tertiary/aromatic N) is 1. The summed E-state index contributed by atoms with van der Waals surface area (Å²) >= 11 is 0. The number of hydrogen-bond acceptors (Lipinski definition) is 2. The second-order valence-electron chi connectivity index (χ2n) is 6.20. The van der Waals surface area contributed by atoms with Crippen molar-refractivity contribution in [3.63, 3.8) is 0 Å². The Kier molecular flexibility index (Phi) is 4.60. The molecule has 0 aromatic rings. The maximum atomic E-state index is 6.17. The third-order valence-electron chi connectivity index (χ3n) is 3.09. The van der Waals surface area contributed by atoms with Crippen molar-refractivity contribution in [2.45, 2.75) is 47.1 Å². The molecular formula is C12H28N2. The highest BCUT2D eigenvalue weighted by atomic mass is 15.1. The monoisotopic (exact) mass is 200 g/mol. The summed E-state index contributed by atoms with van der Waals surface area (Å²) in [6.07, 6.45) is 0. The third-order valence-corrected chi connectivity index (χ3v) is 3.09. The van der Waals surface area contributed by atoms with Crippen LogP contribution >= 0.6 is 0 Å². The fourth-order valence-electron chi connectivity index (χ4n) is 1.57. The van der Waals surface area contributed by atoms with Crippen LogP contribution in [0.15, 0.2) is 0 Å². The molecule has 0 aromatic heterocycles. The Morgan fingerprint density at radius 1 is 1.14 bits per heavy atom. The first-order valence-electron chi connectivity index (χ1n) is 5.53.